The van der Waals surface area contributed by atoms with Gasteiger partial charge in [-0.2, -0.15) is 5.10 Å². The number of aromatic nitrogens is 2. The number of ether oxygens (including phenoxy) is 1. The van der Waals surface area contributed by atoms with Gasteiger partial charge in [-0.1, -0.05) is 18.2 Å². The Labute approximate surface area is 160 Å². The van der Waals surface area contributed by atoms with E-state index in [9.17, 15) is 4.79 Å². The maximum absolute atomic E-state index is 12.6. The minimum atomic E-state index is -0.0766. The number of hydrogen-bond donors (Lipinski definition) is 0. The van der Waals surface area contributed by atoms with Crippen LogP contribution in [0.3, 0.4) is 0 Å². The van der Waals surface area contributed by atoms with Crippen LogP contribution in [-0.2, 0) is 16.1 Å². The van der Waals surface area contributed by atoms with Gasteiger partial charge in [0.25, 0.3) is 0 Å². The Morgan fingerprint density at radius 1 is 1.30 bits per heavy atom. The van der Waals surface area contributed by atoms with Gasteiger partial charge in [0.1, 0.15) is 6.54 Å². The topological polar surface area (TPSA) is 50.6 Å². The summed E-state index contributed by atoms with van der Waals surface area (Å²) in [6.45, 7) is 4.59. The predicted octanol–water partition coefficient (Wildman–Crippen LogP) is 2.48. The highest BCUT2D eigenvalue weighted by molar-refractivity contribution is 5.76. The second-order valence-corrected chi connectivity index (χ2v) is 7.89. The van der Waals surface area contributed by atoms with Gasteiger partial charge in [-0.15, -0.1) is 0 Å². The summed E-state index contributed by atoms with van der Waals surface area (Å²) in [5.74, 6) is 0.143. The molecule has 27 heavy (non-hydrogen) atoms. The first-order chi connectivity index (χ1) is 13.0. The number of benzene rings is 1. The van der Waals surface area contributed by atoms with E-state index >= 15 is 0 Å². The number of likely N-dealkylation sites (tertiary alicyclic amines) is 1. The average Bonchev–Trinajstić information content (AvgIpc) is 3.29. The molecule has 4 rings (SSSR count). The predicted molar refractivity (Wildman–Crippen MR) is 105 cm³/mol. The van der Waals surface area contributed by atoms with Crippen molar-refractivity contribution in [2.24, 2.45) is 0 Å². The summed E-state index contributed by atoms with van der Waals surface area (Å²) in [4.78, 5) is 16.8. The normalized spacial score (nSPS) is 21.6. The highest BCUT2D eigenvalue weighted by Crippen LogP contribution is 2.38. The van der Waals surface area contributed by atoms with Crippen LogP contribution in [0.5, 0.6) is 0 Å². The molecule has 1 aromatic carbocycles. The van der Waals surface area contributed by atoms with Gasteiger partial charge in [-0.3, -0.25) is 9.48 Å². The number of anilines is 1. The molecule has 1 unspecified atom stereocenters. The van der Waals surface area contributed by atoms with E-state index in [0.29, 0.717) is 12.6 Å². The summed E-state index contributed by atoms with van der Waals surface area (Å²) < 4.78 is 8.01. The lowest BCUT2D eigenvalue weighted by Gasteiger charge is -2.39. The fourth-order valence-electron chi connectivity index (χ4n) is 4.25. The number of hydrogen-bond acceptors (Lipinski definition) is 4. The molecule has 144 valence electrons. The Kier molecular flexibility index (Phi) is 4.91. The van der Waals surface area contributed by atoms with Gasteiger partial charge < -0.3 is 14.5 Å². The van der Waals surface area contributed by atoms with Crippen LogP contribution in [0, 0.1) is 6.92 Å². The Balaban J connectivity index is 1.31. The first-order valence-corrected chi connectivity index (χ1v) is 9.73. The fraction of sp³-hybridized carbons (Fsp3) is 0.524. The zero-order valence-electron chi connectivity index (χ0n) is 16.2. The van der Waals surface area contributed by atoms with Crippen LogP contribution < -0.4 is 4.90 Å². The SMILES string of the molecule is Cc1cnn(CC(=O)N2CCC3(CC2)CC(N(C)c2ccccc2)CO3)c1. The van der Waals surface area contributed by atoms with Crippen molar-refractivity contribution in [3.8, 4) is 0 Å². The van der Waals surface area contributed by atoms with Gasteiger partial charge in [0.2, 0.25) is 5.91 Å². The lowest BCUT2D eigenvalue weighted by atomic mass is 9.87. The highest BCUT2D eigenvalue weighted by Gasteiger charge is 2.44. The van der Waals surface area contributed by atoms with Gasteiger partial charge in [0, 0.05) is 32.0 Å². The molecule has 0 saturated carbocycles. The van der Waals surface area contributed by atoms with Gasteiger partial charge in [0.15, 0.2) is 0 Å². The van der Waals surface area contributed by atoms with E-state index in [1.54, 1.807) is 10.9 Å². The summed E-state index contributed by atoms with van der Waals surface area (Å²) in [6, 6.07) is 10.9. The Morgan fingerprint density at radius 2 is 2.04 bits per heavy atom. The van der Waals surface area contributed by atoms with Crippen LogP contribution in [-0.4, -0.2) is 59.0 Å². The van der Waals surface area contributed by atoms with E-state index in [1.165, 1.54) is 5.69 Å². The van der Waals surface area contributed by atoms with Gasteiger partial charge in [-0.05, 0) is 43.9 Å². The molecule has 2 aliphatic heterocycles. The first kappa shape index (κ1) is 18.0. The third-order valence-corrected chi connectivity index (χ3v) is 5.99. The van der Waals surface area contributed by atoms with Crippen LogP contribution in [0.4, 0.5) is 5.69 Å². The van der Waals surface area contributed by atoms with Crippen molar-refractivity contribution in [3.63, 3.8) is 0 Å². The molecule has 2 fully saturated rings. The summed E-state index contributed by atoms with van der Waals surface area (Å²) in [5.41, 5.74) is 2.23. The Morgan fingerprint density at radius 3 is 2.70 bits per heavy atom. The molecular formula is C21H28N4O2. The molecule has 1 aromatic heterocycles. The van der Waals surface area contributed by atoms with Crippen molar-refractivity contribution < 1.29 is 9.53 Å². The van der Waals surface area contributed by atoms with Crippen LogP contribution in [0.1, 0.15) is 24.8 Å². The molecule has 0 aliphatic carbocycles. The molecule has 2 aliphatic rings. The highest BCUT2D eigenvalue weighted by atomic mass is 16.5. The van der Waals surface area contributed by atoms with Gasteiger partial charge in [0.05, 0.1) is 24.4 Å². The zero-order valence-corrected chi connectivity index (χ0v) is 16.2. The number of amides is 1. The number of nitrogens with zero attached hydrogens (tertiary/aromatic N) is 4. The third kappa shape index (κ3) is 3.86. The van der Waals surface area contributed by atoms with Crippen LogP contribution >= 0.6 is 0 Å². The molecule has 6 nitrogen and oxygen atoms in total. The standard InChI is InChI=1S/C21H28N4O2/c1-17-13-22-25(14-17)15-20(26)24-10-8-21(9-11-24)12-19(16-27-21)23(2)18-6-4-3-5-7-18/h3-7,13-14,19H,8-12,15-16H2,1-2H3. The molecule has 6 heteroatoms. The molecule has 0 N–H and O–H groups in total. The van der Waals surface area contributed by atoms with Crippen LogP contribution in [0.25, 0.3) is 0 Å². The van der Waals surface area contributed by atoms with Crippen molar-refractivity contribution >= 4 is 11.6 Å². The molecule has 2 saturated heterocycles. The van der Waals surface area contributed by atoms with E-state index in [0.717, 1.165) is 44.5 Å². The second-order valence-electron chi connectivity index (χ2n) is 7.89. The smallest absolute Gasteiger partial charge is 0.244 e. The average molecular weight is 368 g/mol. The molecule has 0 bridgehead atoms. The number of likely N-dealkylation sites (N-methyl/N-ethyl adjacent to an activating group) is 1. The molecule has 0 radical (unpaired) electrons. The van der Waals surface area contributed by atoms with Crippen molar-refractivity contribution in [1.29, 1.82) is 0 Å². The maximum atomic E-state index is 12.6. The minimum absolute atomic E-state index is 0.0766. The molecule has 3 heterocycles. The largest absolute Gasteiger partial charge is 0.373 e. The summed E-state index contributed by atoms with van der Waals surface area (Å²) in [5, 5.41) is 4.22. The molecule has 2 aromatic rings. The van der Waals surface area contributed by atoms with E-state index in [2.05, 4.69) is 41.3 Å². The fourth-order valence-corrected chi connectivity index (χ4v) is 4.25. The lowest BCUT2D eigenvalue weighted by molar-refractivity contribution is -0.136. The lowest BCUT2D eigenvalue weighted by Crippen LogP contribution is -2.47. The molecular weight excluding hydrogens is 340 g/mol. The monoisotopic (exact) mass is 368 g/mol. The minimum Gasteiger partial charge on any atom is -0.373 e. The van der Waals surface area contributed by atoms with E-state index in [-0.39, 0.29) is 11.5 Å². The van der Waals surface area contributed by atoms with Crippen molar-refractivity contribution in [1.82, 2.24) is 14.7 Å². The van der Waals surface area contributed by atoms with E-state index in [4.69, 9.17) is 4.74 Å². The summed E-state index contributed by atoms with van der Waals surface area (Å²) in [7, 11) is 2.15. The Bertz CT molecular complexity index is 780. The number of aryl methyl sites for hydroxylation is 1. The third-order valence-electron chi connectivity index (χ3n) is 5.99. The van der Waals surface area contributed by atoms with Crippen LogP contribution in [0.2, 0.25) is 0 Å². The Hall–Kier alpha value is -2.34. The van der Waals surface area contributed by atoms with Gasteiger partial charge in [-0.25, -0.2) is 0 Å². The number of carbonyl (C=O) groups is 1. The first-order valence-electron chi connectivity index (χ1n) is 9.73. The second kappa shape index (κ2) is 7.35. The number of rotatable bonds is 4. The van der Waals surface area contributed by atoms with Crippen molar-refractivity contribution in [2.75, 3.05) is 31.6 Å². The summed E-state index contributed by atoms with van der Waals surface area (Å²) >= 11 is 0. The quantitative estimate of drug-likeness (QED) is 0.832. The number of piperidine rings is 1. The summed E-state index contributed by atoms with van der Waals surface area (Å²) in [6.07, 6.45) is 6.55. The van der Waals surface area contributed by atoms with Crippen LogP contribution in [0.15, 0.2) is 42.7 Å². The van der Waals surface area contributed by atoms with E-state index < -0.39 is 0 Å². The van der Waals surface area contributed by atoms with Crippen molar-refractivity contribution in [3.05, 3.63) is 48.3 Å². The number of para-hydroxylation sites is 1. The van der Waals surface area contributed by atoms with Gasteiger partial charge >= 0.3 is 0 Å². The van der Waals surface area contributed by atoms with E-state index in [1.807, 2.05) is 24.1 Å². The molecule has 1 spiro atoms. The van der Waals surface area contributed by atoms with Crippen molar-refractivity contribution in [2.45, 2.75) is 44.4 Å². The zero-order chi connectivity index (χ0) is 18.9. The molecule has 1 atom stereocenters. The molecule has 1 amide bonds. The number of carbonyl (C=O) groups excluding carboxylic acids is 1. The maximum Gasteiger partial charge on any atom is 0.244 e.